The van der Waals surface area contributed by atoms with Crippen LogP contribution in [0.1, 0.15) is 0 Å². The molecular formula is C7H8N2O4S. The van der Waals surface area contributed by atoms with E-state index in [-0.39, 0.29) is 11.3 Å². The average molecular weight is 216 g/mol. The van der Waals surface area contributed by atoms with E-state index in [1.807, 2.05) is 0 Å². The molecule has 0 heterocycles. The second-order valence-electron chi connectivity index (χ2n) is 2.66. The van der Waals surface area contributed by atoms with Gasteiger partial charge in [-0.15, -0.1) is 0 Å². The van der Waals surface area contributed by atoms with Gasteiger partial charge in [0.05, 0.1) is 17.3 Å². The maximum Gasteiger partial charge on any atom is 0.296 e. The first-order chi connectivity index (χ1) is 6.38. The van der Waals surface area contributed by atoms with Gasteiger partial charge >= 0.3 is 0 Å². The van der Waals surface area contributed by atoms with Crippen molar-refractivity contribution in [3.05, 3.63) is 28.3 Å². The van der Waals surface area contributed by atoms with Crippen molar-refractivity contribution in [1.82, 2.24) is 0 Å². The number of carbonyl (C=O) groups excluding carboxylic acids is 1. The summed E-state index contributed by atoms with van der Waals surface area (Å²) in [7, 11) is -4.39. The standard InChI is InChI=1S/C7H8N2O4S/c8-6-4(3-10)1-2-5(7(6)9)14(11,12)13/h1-2,6H,8-9H2,(H,11,12,13). The van der Waals surface area contributed by atoms with E-state index in [1.165, 1.54) is 5.94 Å². The first-order valence-electron chi connectivity index (χ1n) is 3.53. The van der Waals surface area contributed by atoms with Crippen LogP contribution in [0.15, 0.2) is 28.3 Å². The lowest BCUT2D eigenvalue weighted by Crippen LogP contribution is -2.33. The minimum atomic E-state index is -4.39. The Bertz CT molecular complexity index is 468. The molecule has 0 aliphatic heterocycles. The van der Waals surface area contributed by atoms with Crippen LogP contribution in [0.4, 0.5) is 0 Å². The van der Waals surface area contributed by atoms with Crippen molar-refractivity contribution in [2.45, 2.75) is 6.04 Å². The van der Waals surface area contributed by atoms with Gasteiger partial charge in [-0.05, 0) is 12.2 Å². The normalized spacial score (nSPS) is 22.4. The van der Waals surface area contributed by atoms with Crippen LogP contribution in [0.3, 0.4) is 0 Å². The Hall–Kier alpha value is -1.40. The van der Waals surface area contributed by atoms with E-state index in [4.69, 9.17) is 16.0 Å². The average Bonchev–Trinajstić information content (AvgIpc) is 2.07. The van der Waals surface area contributed by atoms with Crippen molar-refractivity contribution in [2.24, 2.45) is 11.5 Å². The summed E-state index contributed by atoms with van der Waals surface area (Å²) in [5.74, 6) is 1.52. The summed E-state index contributed by atoms with van der Waals surface area (Å²) in [5.41, 5.74) is 10.5. The molecular weight excluding hydrogens is 208 g/mol. The Labute approximate surface area is 80.3 Å². The van der Waals surface area contributed by atoms with Gasteiger partial charge < -0.3 is 11.5 Å². The van der Waals surface area contributed by atoms with Crippen molar-refractivity contribution in [2.75, 3.05) is 0 Å². The van der Waals surface area contributed by atoms with Crippen LogP contribution in [-0.4, -0.2) is 25.0 Å². The minimum absolute atomic E-state index is 0.0369. The monoisotopic (exact) mass is 216 g/mol. The largest absolute Gasteiger partial charge is 0.399 e. The highest BCUT2D eigenvalue weighted by atomic mass is 32.2. The number of hydrogen-bond acceptors (Lipinski definition) is 5. The summed E-state index contributed by atoms with van der Waals surface area (Å²) in [6.07, 6.45) is 2.16. The van der Waals surface area contributed by atoms with Gasteiger partial charge in [-0.3, -0.25) is 4.55 Å². The lowest BCUT2D eigenvalue weighted by Gasteiger charge is -2.17. The molecule has 1 aliphatic rings. The lowest BCUT2D eigenvalue weighted by molar-refractivity contribution is 0.491. The molecule has 7 heteroatoms. The summed E-state index contributed by atoms with van der Waals surface area (Å²) in [5, 5.41) is 0. The van der Waals surface area contributed by atoms with Crippen molar-refractivity contribution < 1.29 is 17.8 Å². The van der Waals surface area contributed by atoms with Crippen LogP contribution in [0.2, 0.25) is 0 Å². The van der Waals surface area contributed by atoms with E-state index in [1.54, 1.807) is 0 Å². The Balaban J connectivity index is 3.34. The highest BCUT2D eigenvalue weighted by molar-refractivity contribution is 7.90. The molecule has 14 heavy (non-hydrogen) atoms. The van der Waals surface area contributed by atoms with Gasteiger partial charge in [0.25, 0.3) is 10.1 Å². The first-order valence-corrected chi connectivity index (χ1v) is 4.97. The van der Waals surface area contributed by atoms with E-state index in [0.717, 1.165) is 12.2 Å². The maximum absolute atomic E-state index is 10.7. The lowest BCUT2D eigenvalue weighted by atomic mass is 10.0. The fourth-order valence-corrected chi connectivity index (χ4v) is 1.68. The zero-order valence-electron chi connectivity index (χ0n) is 6.97. The van der Waals surface area contributed by atoms with Gasteiger partial charge in [0.15, 0.2) is 0 Å². The van der Waals surface area contributed by atoms with Crippen molar-refractivity contribution in [1.29, 1.82) is 0 Å². The molecule has 76 valence electrons. The SMILES string of the molecule is NC1=C(S(=O)(=O)O)C=CC(=C=O)C1N. The maximum atomic E-state index is 10.7. The molecule has 1 atom stereocenters. The predicted octanol–water partition coefficient (Wildman–Crippen LogP) is -1.30. The Morgan fingerprint density at radius 2 is 2.00 bits per heavy atom. The van der Waals surface area contributed by atoms with Gasteiger partial charge in [-0.25, -0.2) is 4.79 Å². The molecule has 1 rings (SSSR count). The Morgan fingerprint density at radius 1 is 1.43 bits per heavy atom. The van der Waals surface area contributed by atoms with Gasteiger partial charge in [0, 0.05) is 0 Å². The summed E-state index contributed by atoms with van der Waals surface area (Å²) >= 11 is 0. The van der Waals surface area contributed by atoms with E-state index in [9.17, 15) is 13.2 Å². The zero-order valence-corrected chi connectivity index (χ0v) is 7.78. The number of rotatable bonds is 1. The molecule has 0 saturated carbocycles. The van der Waals surface area contributed by atoms with Crippen LogP contribution in [0, 0.1) is 0 Å². The van der Waals surface area contributed by atoms with Crippen molar-refractivity contribution in [3.8, 4) is 0 Å². The topological polar surface area (TPSA) is 123 Å². The van der Waals surface area contributed by atoms with Crippen LogP contribution < -0.4 is 11.5 Å². The zero-order chi connectivity index (χ0) is 10.9. The molecule has 1 aliphatic carbocycles. The number of hydrogen-bond donors (Lipinski definition) is 3. The Kier molecular flexibility index (Phi) is 2.59. The molecule has 0 fully saturated rings. The van der Waals surface area contributed by atoms with E-state index in [2.05, 4.69) is 0 Å². The van der Waals surface area contributed by atoms with Gasteiger partial charge in [0.1, 0.15) is 10.8 Å². The summed E-state index contributed by atoms with van der Waals surface area (Å²) in [6.45, 7) is 0. The molecule has 1 unspecified atom stereocenters. The van der Waals surface area contributed by atoms with E-state index < -0.39 is 21.1 Å². The Morgan fingerprint density at radius 3 is 2.43 bits per heavy atom. The predicted molar refractivity (Wildman–Crippen MR) is 49.1 cm³/mol. The number of nitrogens with two attached hydrogens (primary N) is 2. The van der Waals surface area contributed by atoms with Crippen LogP contribution in [-0.2, 0) is 14.9 Å². The summed E-state index contributed by atoms with van der Waals surface area (Å²) in [4.78, 5) is 9.81. The molecule has 5 N–H and O–H groups in total. The molecule has 0 aromatic heterocycles. The fourth-order valence-electron chi connectivity index (χ4n) is 1.02. The third-order valence-electron chi connectivity index (χ3n) is 1.76. The molecule has 0 saturated heterocycles. The van der Waals surface area contributed by atoms with Gasteiger partial charge in [-0.1, -0.05) is 0 Å². The van der Waals surface area contributed by atoms with Crippen molar-refractivity contribution >= 4 is 16.1 Å². The first kappa shape index (κ1) is 10.7. The number of allylic oxidation sites excluding steroid dienone is 1. The second kappa shape index (κ2) is 3.39. The molecule has 0 aromatic carbocycles. The van der Waals surface area contributed by atoms with Gasteiger partial charge in [0.2, 0.25) is 0 Å². The highest BCUT2D eigenvalue weighted by Gasteiger charge is 2.25. The highest BCUT2D eigenvalue weighted by Crippen LogP contribution is 2.20. The third kappa shape index (κ3) is 1.75. The fraction of sp³-hybridized carbons (Fsp3) is 0.143. The molecule has 0 amide bonds. The van der Waals surface area contributed by atoms with Crippen LogP contribution in [0.5, 0.6) is 0 Å². The van der Waals surface area contributed by atoms with Crippen molar-refractivity contribution in [3.63, 3.8) is 0 Å². The van der Waals surface area contributed by atoms with Crippen LogP contribution in [0.25, 0.3) is 0 Å². The molecule has 0 spiro atoms. The second-order valence-corrected chi connectivity index (χ2v) is 4.05. The van der Waals surface area contributed by atoms with E-state index >= 15 is 0 Å². The molecule has 0 bridgehead atoms. The molecule has 0 aromatic rings. The van der Waals surface area contributed by atoms with Gasteiger partial charge in [-0.2, -0.15) is 8.42 Å². The smallest absolute Gasteiger partial charge is 0.296 e. The van der Waals surface area contributed by atoms with Crippen LogP contribution >= 0.6 is 0 Å². The quantitative estimate of drug-likeness (QED) is 0.369. The third-order valence-corrected chi connectivity index (χ3v) is 2.69. The van der Waals surface area contributed by atoms with E-state index in [0.29, 0.717) is 0 Å². The molecule has 6 nitrogen and oxygen atoms in total. The molecule has 0 radical (unpaired) electrons. The minimum Gasteiger partial charge on any atom is -0.399 e. The summed E-state index contributed by atoms with van der Waals surface area (Å²) < 4.78 is 30.2. The summed E-state index contributed by atoms with van der Waals surface area (Å²) in [6, 6.07) is -1.05.